The SMILES string of the molecule is C[C@@H]1CC[C@@]23C(=C[C@](C)([C@@H](CO)[C@H]2CO)C3(C)C)[C@H]1O. The van der Waals surface area contributed by atoms with E-state index in [1.165, 1.54) is 0 Å². The van der Waals surface area contributed by atoms with Crippen LogP contribution in [-0.2, 0) is 0 Å². The van der Waals surface area contributed by atoms with Crippen LogP contribution in [0.15, 0.2) is 11.6 Å². The number of rotatable bonds is 2. The van der Waals surface area contributed by atoms with Gasteiger partial charge < -0.3 is 15.3 Å². The van der Waals surface area contributed by atoms with Crippen LogP contribution in [0.5, 0.6) is 0 Å². The smallest absolute Gasteiger partial charge is 0.0781 e. The van der Waals surface area contributed by atoms with Crippen LogP contribution in [0.1, 0.15) is 40.5 Å². The molecule has 3 nitrogen and oxygen atoms in total. The van der Waals surface area contributed by atoms with Gasteiger partial charge in [-0.2, -0.15) is 0 Å². The molecule has 0 saturated heterocycles. The number of aliphatic hydroxyl groups excluding tert-OH is 3. The van der Waals surface area contributed by atoms with Gasteiger partial charge in [0, 0.05) is 18.6 Å². The first kappa shape index (κ1) is 14.6. The average molecular weight is 280 g/mol. The molecule has 0 aromatic heterocycles. The highest BCUT2D eigenvalue weighted by molar-refractivity contribution is 5.43. The highest BCUT2D eigenvalue weighted by Crippen LogP contribution is 2.78. The lowest BCUT2D eigenvalue weighted by Gasteiger charge is -2.51. The van der Waals surface area contributed by atoms with Crippen molar-refractivity contribution in [3.8, 4) is 0 Å². The number of hydrogen-bond donors (Lipinski definition) is 3. The topological polar surface area (TPSA) is 60.7 Å². The molecule has 114 valence electrons. The Hall–Kier alpha value is -0.380. The summed E-state index contributed by atoms with van der Waals surface area (Å²) in [6.07, 6.45) is 3.87. The van der Waals surface area contributed by atoms with Crippen molar-refractivity contribution in [2.75, 3.05) is 13.2 Å². The largest absolute Gasteiger partial charge is 0.396 e. The second-order valence-electron chi connectivity index (χ2n) is 8.02. The molecule has 0 heterocycles. The van der Waals surface area contributed by atoms with Gasteiger partial charge in [-0.05, 0) is 47.0 Å². The van der Waals surface area contributed by atoms with E-state index < -0.39 is 6.10 Å². The zero-order chi connectivity index (χ0) is 14.9. The first-order valence-corrected chi connectivity index (χ1v) is 7.91. The lowest BCUT2D eigenvalue weighted by atomic mass is 9.54. The van der Waals surface area contributed by atoms with Crippen molar-refractivity contribution in [1.82, 2.24) is 0 Å². The van der Waals surface area contributed by atoms with Crippen molar-refractivity contribution in [2.24, 2.45) is 34.0 Å². The maximum absolute atomic E-state index is 10.7. The zero-order valence-corrected chi connectivity index (χ0v) is 13.1. The molecule has 2 saturated carbocycles. The van der Waals surface area contributed by atoms with Crippen LogP contribution in [0, 0.1) is 34.0 Å². The molecule has 0 radical (unpaired) electrons. The van der Waals surface area contributed by atoms with Crippen LogP contribution in [0.2, 0.25) is 0 Å². The van der Waals surface area contributed by atoms with Gasteiger partial charge in [0.2, 0.25) is 0 Å². The number of allylic oxidation sites excluding steroid dienone is 1. The van der Waals surface area contributed by atoms with Gasteiger partial charge in [0.05, 0.1) is 6.10 Å². The fraction of sp³-hybridized carbons (Fsp3) is 0.882. The van der Waals surface area contributed by atoms with Gasteiger partial charge in [0.25, 0.3) is 0 Å². The predicted octanol–water partition coefficient (Wildman–Crippen LogP) is 1.97. The lowest BCUT2D eigenvalue weighted by Crippen LogP contribution is -2.48. The molecular weight excluding hydrogens is 252 g/mol. The lowest BCUT2D eigenvalue weighted by molar-refractivity contribution is -0.0190. The van der Waals surface area contributed by atoms with E-state index >= 15 is 0 Å². The minimum atomic E-state index is -0.390. The molecule has 3 aliphatic carbocycles. The predicted molar refractivity (Wildman–Crippen MR) is 78.0 cm³/mol. The van der Waals surface area contributed by atoms with E-state index in [0.29, 0.717) is 0 Å². The first-order chi connectivity index (χ1) is 9.28. The molecule has 3 aliphatic rings. The molecule has 3 heteroatoms. The van der Waals surface area contributed by atoms with Crippen LogP contribution in [-0.4, -0.2) is 34.6 Å². The van der Waals surface area contributed by atoms with Gasteiger partial charge >= 0.3 is 0 Å². The summed E-state index contributed by atoms with van der Waals surface area (Å²) in [4.78, 5) is 0. The Labute approximate surface area is 121 Å². The molecular formula is C17H28O3. The van der Waals surface area contributed by atoms with E-state index in [4.69, 9.17) is 0 Å². The summed E-state index contributed by atoms with van der Waals surface area (Å²) in [5.41, 5.74) is 0.829. The van der Waals surface area contributed by atoms with Crippen molar-refractivity contribution in [2.45, 2.75) is 46.6 Å². The van der Waals surface area contributed by atoms with E-state index in [9.17, 15) is 15.3 Å². The fourth-order valence-corrected chi connectivity index (χ4v) is 5.99. The summed E-state index contributed by atoms with van der Waals surface area (Å²) in [5, 5.41) is 30.6. The van der Waals surface area contributed by atoms with Crippen molar-refractivity contribution in [1.29, 1.82) is 0 Å². The van der Waals surface area contributed by atoms with Crippen LogP contribution < -0.4 is 0 Å². The van der Waals surface area contributed by atoms with Gasteiger partial charge in [0.15, 0.2) is 0 Å². The Kier molecular flexibility index (Phi) is 2.97. The summed E-state index contributed by atoms with van der Waals surface area (Å²) in [6, 6.07) is 0. The van der Waals surface area contributed by atoms with Crippen LogP contribution in [0.25, 0.3) is 0 Å². The Morgan fingerprint density at radius 2 is 1.75 bits per heavy atom. The quantitative estimate of drug-likeness (QED) is 0.678. The molecule has 20 heavy (non-hydrogen) atoms. The Morgan fingerprint density at radius 1 is 1.15 bits per heavy atom. The third kappa shape index (κ3) is 1.24. The van der Waals surface area contributed by atoms with Gasteiger partial charge in [-0.25, -0.2) is 0 Å². The third-order valence-electron chi connectivity index (χ3n) is 7.57. The Bertz CT molecular complexity index is 455. The van der Waals surface area contributed by atoms with Gasteiger partial charge in [-0.1, -0.05) is 33.8 Å². The molecule has 6 atom stereocenters. The highest BCUT2D eigenvalue weighted by atomic mass is 16.3. The first-order valence-electron chi connectivity index (χ1n) is 7.91. The van der Waals surface area contributed by atoms with Crippen LogP contribution in [0.3, 0.4) is 0 Å². The van der Waals surface area contributed by atoms with Crippen molar-refractivity contribution in [3.05, 3.63) is 11.6 Å². The highest BCUT2D eigenvalue weighted by Gasteiger charge is 2.74. The second kappa shape index (κ2) is 4.08. The van der Waals surface area contributed by atoms with Gasteiger partial charge in [0.1, 0.15) is 0 Å². The van der Waals surface area contributed by atoms with Crippen molar-refractivity contribution in [3.63, 3.8) is 0 Å². The Morgan fingerprint density at radius 3 is 2.30 bits per heavy atom. The molecule has 2 bridgehead atoms. The summed E-state index contributed by atoms with van der Waals surface area (Å²) in [6.45, 7) is 9.05. The van der Waals surface area contributed by atoms with E-state index in [1.54, 1.807) is 0 Å². The number of hydrogen-bond acceptors (Lipinski definition) is 3. The summed E-state index contributed by atoms with van der Waals surface area (Å²) < 4.78 is 0. The van der Waals surface area contributed by atoms with Crippen LogP contribution >= 0.6 is 0 Å². The maximum atomic E-state index is 10.7. The fourth-order valence-electron chi connectivity index (χ4n) is 5.99. The van der Waals surface area contributed by atoms with Gasteiger partial charge in [-0.3, -0.25) is 0 Å². The minimum Gasteiger partial charge on any atom is -0.396 e. The summed E-state index contributed by atoms with van der Waals surface area (Å²) >= 11 is 0. The standard InChI is InChI=1S/C17H28O3/c1-10-5-6-17-11(14(10)20)7-16(4,15(17,2)3)12(8-18)13(17)9-19/h7,10,12-14,18-20H,5-6,8-9H2,1-4H3/t10-,12+,13-,14+,16-,17-/m1/s1. The van der Waals surface area contributed by atoms with E-state index in [2.05, 4.69) is 33.8 Å². The zero-order valence-electron chi connectivity index (χ0n) is 13.1. The van der Waals surface area contributed by atoms with E-state index in [0.717, 1.165) is 18.4 Å². The summed E-state index contributed by atoms with van der Waals surface area (Å²) in [7, 11) is 0. The normalized spacial score (nSPS) is 52.9. The molecule has 1 spiro atoms. The third-order valence-corrected chi connectivity index (χ3v) is 7.57. The number of fused-ring (bicyclic) bond motifs is 1. The molecule has 0 aromatic carbocycles. The summed E-state index contributed by atoms with van der Waals surface area (Å²) in [5.74, 6) is 0.444. The molecule has 2 fully saturated rings. The molecule has 3 N–H and O–H groups in total. The molecule has 0 aromatic rings. The van der Waals surface area contributed by atoms with Crippen LogP contribution in [0.4, 0.5) is 0 Å². The monoisotopic (exact) mass is 280 g/mol. The molecule has 0 amide bonds. The molecule has 0 unspecified atom stereocenters. The molecule has 3 rings (SSSR count). The van der Waals surface area contributed by atoms with E-state index in [-0.39, 0.29) is 47.2 Å². The van der Waals surface area contributed by atoms with E-state index in [1.807, 2.05) is 0 Å². The van der Waals surface area contributed by atoms with Crippen molar-refractivity contribution < 1.29 is 15.3 Å². The van der Waals surface area contributed by atoms with Crippen molar-refractivity contribution >= 4 is 0 Å². The average Bonchev–Trinajstić information content (AvgIpc) is 2.67. The maximum Gasteiger partial charge on any atom is 0.0781 e. The second-order valence-corrected chi connectivity index (χ2v) is 8.02. The molecule has 0 aliphatic heterocycles. The number of aliphatic hydroxyl groups is 3. The Balaban J connectivity index is 2.21. The van der Waals surface area contributed by atoms with Gasteiger partial charge in [-0.15, -0.1) is 0 Å². The minimum absolute atomic E-state index is 0.0305.